The van der Waals surface area contributed by atoms with Gasteiger partial charge in [0.1, 0.15) is 4.88 Å². The molecular formula is C10H6BrCl2N3OS. The van der Waals surface area contributed by atoms with Gasteiger partial charge in [0.2, 0.25) is 0 Å². The number of rotatable bonds is 2. The molecule has 2 heterocycles. The van der Waals surface area contributed by atoms with E-state index < -0.39 is 0 Å². The molecule has 0 atom stereocenters. The summed E-state index contributed by atoms with van der Waals surface area (Å²) in [6.07, 6.45) is 3.02. The molecule has 2 rings (SSSR count). The van der Waals surface area contributed by atoms with Gasteiger partial charge in [-0.05, 0) is 22.9 Å². The Morgan fingerprint density at radius 1 is 1.44 bits per heavy atom. The maximum absolute atomic E-state index is 12.0. The van der Waals surface area contributed by atoms with Gasteiger partial charge < -0.3 is 5.32 Å². The lowest BCUT2D eigenvalue weighted by Crippen LogP contribution is -2.12. The molecular weight excluding hydrogens is 361 g/mol. The maximum Gasteiger partial charge on any atom is 0.267 e. The first-order valence-electron chi connectivity index (χ1n) is 4.72. The van der Waals surface area contributed by atoms with E-state index in [0.29, 0.717) is 30.2 Å². The topological polar surface area (TPSA) is 54.9 Å². The number of carbonyl (C=O) groups is 1. The van der Waals surface area contributed by atoms with E-state index in [1.807, 2.05) is 0 Å². The number of anilines is 1. The van der Waals surface area contributed by atoms with Gasteiger partial charge >= 0.3 is 0 Å². The van der Waals surface area contributed by atoms with E-state index in [-0.39, 0.29) is 5.91 Å². The molecule has 8 heteroatoms. The highest BCUT2D eigenvalue weighted by atomic mass is 79.9. The van der Waals surface area contributed by atoms with Gasteiger partial charge in [0.25, 0.3) is 5.91 Å². The van der Waals surface area contributed by atoms with Gasteiger partial charge in [0, 0.05) is 6.20 Å². The zero-order valence-electron chi connectivity index (χ0n) is 9.00. The van der Waals surface area contributed by atoms with Crippen LogP contribution in [0, 0.1) is 6.92 Å². The molecule has 0 aliphatic heterocycles. The highest BCUT2D eigenvalue weighted by Gasteiger charge is 2.16. The Morgan fingerprint density at radius 3 is 2.78 bits per heavy atom. The average Bonchev–Trinajstić information content (AvgIpc) is 2.64. The van der Waals surface area contributed by atoms with E-state index in [4.69, 9.17) is 23.2 Å². The lowest BCUT2D eigenvalue weighted by atomic mass is 10.3. The molecule has 0 unspecified atom stereocenters. The van der Waals surface area contributed by atoms with Crippen molar-refractivity contribution in [3.8, 4) is 0 Å². The zero-order chi connectivity index (χ0) is 13.3. The SMILES string of the molecule is Cc1nc(Cl)sc1C(=O)Nc1cncc(Br)c1Cl. The van der Waals surface area contributed by atoms with Crippen LogP contribution in [0.25, 0.3) is 0 Å². The largest absolute Gasteiger partial charge is 0.319 e. The van der Waals surface area contributed by atoms with Gasteiger partial charge in [0.05, 0.1) is 27.1 Å². The molecule has 0 radical (unpaired) electrons. The summed E-state index contributed by atoms with van der Waals surface area (Å²) >= 11 is 16.1. The first-order valence-corrected chi connectivity index (χ1v) is 7.09. The Balaban J connectivity index is 2.27. The van der Waals surface area contributed by atoms with Gasteiger partial charge in [-0.2, -0.15) is 0 Å². The number of hydrogen-bond acceptors (Lipinski definition) is 4. The molecule has 4 nitrogen and oxygen atoms in total. The summed E-state index contributed by atoms with van der Waals surface area (Å²) in [7, 11) is 0. The van der Waals surface area contributed by atoms with Crippen LogP contribution in [0.1, 0.15) is 15.4 Å². The average molecular weight is 367 g/mol. The highest BCUT2D eigenvalue weighted by Crippen LogP contribution is 2.30. The predicted octanol–water partition coefficient (Wildman–Crippen LogP) is 4.17. The van der Waals surface area contributed by atoms with Crippen molar-refractivity contribution in [1.82, 2.24) is 9.97 Å². The summed E-state index contributed by atoms with van der Waals surface area (Å²) in [6.45, 7) is 1.72. The smallest absolute Gasteiger partial charge is 0.267 e. The summed E-state index contributed by atoms with van der Waals surface area (Å²) in [5.41, 5.74) is 1.02. The number of nitrogens with zero attached hydrogens (tertiary/aromatic N) is 2. The van der Waals surface area contributed by atoms with Crippen LogP contribution < -0.4 is 5.32 Å². The molecule has 18 heavy (non-hydrogen) atoms. The minimum Gasteiger partial charge on any atom is -0.319 e. The first kappa shape index (κ1) is 13.7. The number of aromatic nitrogens is 2. The van der Waals surface area contributed by atoms with Crippen molar-refractivity contribution in [3.05, 3.63) is 36.9 Å². The summed E-state index contributed by atoms with van der Waals surface area (Å²) in [5.74, 6) is -0.307. The molecule has 0 aliphatic rings. The lowest BCUT2D eigenvalue weighted by molar-refractivity contribution is 0.103. The fourth-order valence-electron chi connectivity index (χ4n) is 1.26. The second kappa shape index (κ2) is 5.52. The van der Waals surface area contributed by atoms with Gasteiger partial charge in [0.15, 0.2) is 4.47 Å². The Kier molecular flexibility index (Phi) is 4.21. The molecule has 0 aromatic carbocycles. The second-order valence-corrected chi connectivity index (χ2v) is 6.13. The van der Waals surface area contributed by atoms with Crippen LogP contribution in [-0.4, -0.2) is 15.9 Å². The molecule has 0 spiro atoms. The quantitative estimate of drug-likeness (QED) is 0.867. The molecule has 0 saturated carbocycles. The minimum absolute atomic E-state index is 0.307. The van der Waals surface area contributed by atoms with Gasteiger partial charge in [-0.25, -0.2) is 4.98 Å². The third-order valence-corrected chi connectivity index (χ3v) is 4.56. The number of pyridine rings is 1. The Morgan fingerprint density at radius 2 is 2.17 bits per heavy atom. The fraction of sp³-hybridized carbons (Fsp3) is 0.100. The van der Waals surface area contributed by atoms with E-state index >= 15 is 0 Å². The van der Waals surface area contributed by atoms with Crippen molar-refractivity contribution in [1.29, 1.82) is 0 Å². The number of hydrogen-bond donors (Lipinski definition) is 1. The maximum atomic E-state index is 12.0. The summed E-state index contributed by atoms with van der Waals surface area (Å²) < 4.78 is 0.942. The molecule has 0 bridgehead atoms. The summed E-state index contributed by atoms with van der Waals surface area (Å²) in [5, 5.41) is 3.06. The van der Waals surface area contributed by atoms with Gasteiger partial charge in [-0.15, -0.1) is 0 Å². The molecule has 2 aromatic heterocycles. The summed E-state index contributed by atoms with van der Waals surface area (Å²) in [6, 6.07) is 0. The second-order valence-electron chi connectivity index (χ2n) is 3.32. The van der Waals surface area contributed by atoms with Crippen molar-refractivity contribution in [2.45, 2.75) is 6.92 Å². The third kappa shape index (κ3) is 2.83. The minimum atomic E-state index is -0.307. The molecule has 2 aromatic rings. The van der Waals surface area contributed by atoms with Gasteiger partial charge in [-0.1, -0.05) is 34.5 Å². The van der Waals surface area contributed by atoms with Crippen molar-refractivity contribution >= 4 is 62.1 Å². The number of thiazole rings is 1. The third-order valence-electron chi connectivity index (χ3n) is 2.06. The van der Waals surface area contributed by atoms with Crippen molar-refractivity contribution in [2.75, 3.05) is 5.32 Å². The lowest BCUT2D eigenvalue weighted by Gasteiger charge is -2.06. The van der Waals surface area contributed by atoms with Crippen LogP contribution in [0.5, 0.6) is 0 Å². The number of halogens is 3. The van der Waals surface area contributed by atoms with E-state index in [9.17, 15) is 4.79 Å². The number of nitrogens with one attached hydrogen (secondary N) is 1. The number of carbonyl (C=O) groups excluding carboxylic acids is 1. The van der Waals surface area contributed by atoms with Gasteiger partial charge in [-0.3, -0.25) is 9.78 Å². The first-order chi connectivity index (χ1) is 8.49. The van der Waals surface area contributed by atoms with Crippen molar-refractivity contribution in [2.24, 2.45) is 0 Å². The summed E-state index contributed by atoms with van der Waals surface area (Å²) in [4.78, 5) is 20.4. The van der Waals surface area contributed by atoms with E-state index in [1.165, 1.54) is 6.20 Å². The number of aryl methyl sites for hydroxylation is 1. The Labute approximate surface area is 125 Å². The van der Waals surface area contributed by atoms with Crippen LogP contribution in [0.2, 0.25) is 9.49 Å². The molecule has 0 saturated heterocycles. The van der Waals surface area contributed by atoms with Crippen LogP contribution in [-0.2, 0) is 0 Å². The van der Waals surface area contributed by atoms with Crippen molar-refractivity contribution < 1.29 is 4.79 Å². The Bertz CT molecular complexity index is 617. The normalized spacial score (nSPS) is 10.4. The van der Waals surface area contributed by atoms with Crippen molar-refractivity contribution in [3.63, 3.8) is 0 Å². The van der Waals surface area contributed by atoms with E-state index in [1.54, 1.807) is 13.1 Å². The monoisotopic (exact) mass is 365 g/mol. The molecule has 0 fully saturated rings. The van der Waals surface area contributed by atoms with Crippen LogP contribution in [0.4, 0.5) is 5.69 Å². The molecule has 1 amide bonds. The van der Waals surface area contributed by atoms with Crippen LogP contribution in [0.15, 0.2) is 16.9 Å². The van der Waals surface area contributed by atoms with Crippen LogP contribution in [0.3, 0.4) is 0 Å². The fourth-order valence-corrected chi connectivity index (χ4v) is 2.78. The molecule has 0 aliphatic carbocycles. The highest BCUT2D eigenvalue weighted by molar-refractivity contribution is 9.10. The molecule has 94 valence electrons. The van der Waals surface area contributed by atoms with Crippen LogP contribution >= 0.6 is 50.5 Å². The zero-order valence-corrected chi connectivity index (χ0v) is 12.9. The Hall–Kier alpha value is -0.690. The number of amides is 1. The van der Waals surface area contributed by atoms with E-state index in [0.717, 1.165) is 11.3 Å². The standard InChI is InChI=1S/C10H6BrCl2N3OS/c1-4-8(18-10(13)15-4)9(17)16-6-3-14-2-5(11)7(6)12/h2-3H,1H3,(H,16,17). The molecule has 1 N–H and O–H groups in total. The predicted molar refractivity (Wildman–Crippen MR) is 76.8 cm³/mol. The van der Waals surface area contributed by atoms with E-state index in [2.05, 4.69) is 31.2 Å².